The van der Waals surface area contributed by atoms with E-state index >= 15 is 0 Å². The third-order valence-corrected chi connectivity index (χ3v) is 24.5. The quantitative estimate of drug-likeness (QED) is 0.129. The first-order valence-corrected chi connectivity index (χ1v) is 40.2. The molecule has 0 saturated heterocycles. The van der Waals surface area contributed by atoms with E-state index in [1.54, 1.807) is 0 Å². The Morgan fingerprint density at radius 3 is 1.18 bits per heavy atom. The Hall–Kier alpha value is -15.2. The molecule has 4 heterocycles. The van der Waals surface area contributed by atoms with Gasteiger partial charge in [0.2, 0.25) is 0 Å². The van der Waals surface area contributed by atoms with Crippen molar-refractivity contribution in [3.63, 3.8) is 0 Å². The molecule has 6 heteroatoms. The van der Waals surface area contributed by atoms with E-state index < -0.39 is 0 Å². The minimum Gasteiger partial charge on any atom is -0.456 e. The van der Waals surface area contributed by atoms with Gasteiger partial charge in [-0.25, -0.2) is 0 Å². The SMILES string of the molecule is CC1(C)c2ccc(N(c3ccccc3)c3ccc(-c4ccc(-n5c6ccccc6c6cc7oc8ccccc8c7cc65)cc4)cc3)cc2-c2cc3ccccc3cc21.c1ccc(N(c2ccc(-c3ccc(-n4c5cc6c(cc5c5c7ccccc7ccc54)oc4ccccc46)cc3)cc2)c2ccc(-c3ccc4ccccc4c3)cc2)cc1. The van der Waals surface area contributed by atoms with Crippen molar-refractivity contribution in [1.82, 2.24) is 9.13 Å². The van der Waals surface area contributed by atoms with Gasteiger partial charge in [-0.15, -0.1) is 0 Å². The minimum atomic E-state index is -0.0786. The number of nitrogens with zero attached hydrogens (tertiary/aromatic N) is 4. The lowest BCUT2D eigenvalue weighted by Crippen LogP contribution is -2.15. The van der Waals surface area contributed by atoms with Crippen molar-refractivity contribution in [1.29, 1.82) is 0 Å². The van der Waals surface area contributed by atoms with Crippen molar-refractivity contribution < 1.29 is 8.83 Å². The van der Waals surface area contributed by atoms with E-state index in [0.29, 0.717) is 0 Å². The Morgan fingerprint density at radius 2 is 0.607 bits per heavy atom. The zero-order valence-corrected chi connectivity index (χ0v) is 64.4. The number of para-hydroxylation sites is 5. The normalized spacial score (nSPS) is 12.4. The maximum atomic E-state index is 6.40. The molecule has 0 amide bonds. The maximum Gasteiger partial charge on any atom is 0.136 e. The summed E-state index contributed by atoms with van der Waals surface area (Å²) >= 11 is 0. The number of rotatable bonds is 11. The largest absolute Gasteiger partial charge is 0.456 e. The molecule has 0 aliphatic heterocycles. The lowest BCUT2D eigenvalue weighted by Gasteiger charge is -2.27. The smallest absolute Gasteiger partial charge is 0.136 e. The van der Waals surface area contributed by atoms with Crippen LogP contribution >= 0.6 is 0 Å². The van der Waals surface area contributed by atoms with E-state index in [-0.39, 0.29) is 5.41 Å². The molecule has 0 radical (unpaired) electrons. The second kappa shape index (κ2) is 27.0. The van der Waals surface area contributed by atoms with Gasteiger partial charge in [0, 0.05) is 94.0 Å². The first-order valence-electron chi connectivity index (χ1n) is 40.2. The highest BCUT2D eigenvalue weighted by atomic mass is 16.3. The van der Waals surface area contributed by atoms with Gasteiger partial charge in [0.05, 0.1) is 22.1 Å². The van der Waals surface area contributed by atoms with E-state index in [1.165, 1.54) is 132 Å². The molecule has 0 fully saturated rings. The summed E-state index contributed by atoms with van der Waals surface area (Å²) in [6, 6.07) is 149. The third kappa shape index (κ3) is 11.2. The first-order chi connectivity index (χ1) is 57.7. The van der Waals surface area contributed by atoms with Crippen LogP contribution in [0.2, 0.25) is 0 Å². The van der Waals surface area contributed by atoms with Crippen LogP contribution < -0.4 is 9.80 Å². The molecule has 0 saturated carbocycles. The predicted octanol–water partition coefficient (Wildman–Crippen LogP) is 31.1. The van der Waals surface area contributed by atoms with Gasteiger partial charge >= 0.3 is 0 Å². The van der Waals surface area contributed by atoms with Crippen LogP contribution in [0, 0.1) is 0 Å². The minimum absolute atomic E-state index is 0.0786. The number of benzene rings is 19. The molecule has 0 N–H and O–H groups in total. The molecular weight excluding hydrogens is 1420 g/mol. The molecule has 117 heavy (non-hydrogen) atoms. The highest BCUT2D eigenvalue weighted by molar-refractivity contribution is 6.25. The van der Waals surface area contributed by atoms with Crippen LogP contribution in [0.15, 0.2) is 421 Å². The summed E-state index contributed by atoms with van der Waals surface area (Å²) in [5.41, 5.74) is 29.7. The molecule has 4 aromatic heterocycles. The predicted molar refractivity (Wildman–Crippen MR) is 492 cm³/mol. The standard InChI is InChI=1S/C56H36N2O.C55H38N2O/c1-2-13-44(14-3-1)57(46-29-24-40(25-30-46)43-19-18-37-10-4-5-12-42(37)34-43)45-27-20-38(21-28-45)39-22-31-47(32-23-39)58-52-33-26-41-11-6-7-15-48(41)56(52)51-36-55-50(35-53(51)58)49-16-8-9-17-54(49)59-55;1-55(2)49-29-28-42(32-46(49)45-30-37-12-6-7-13-38(37)31-50(45)55)56(39-14-4-3-5-15-39)40-24-20-35(21-25-40)36-22-26-41(27-23-36)57-51-18-10-8-16-43(51)47-34-54-48(33-52(47)57)44-17-9-11-19-53(44)58-54/h1-36H;3-34H,1-2H3. The zero-order chi connectivity index (χ0) is 77.4. The van der Waals surface area contributed by atoms with E-state index in [9.17, 15) is 0 Å². The molecule has 0 unspecified atom stereocenters. The summed E-state index contributed by atoms with van der Waals surface area (Å²) in [6.07, 6.45) is 0. The number of fused-ring (bicyclic) bond motifs is 19. The average Bonchev–Trinajstić information content (AvgIpc) is 1.58. The number of furan rings is 2. The Bertz CT molecular complexity index is 7870. The number of aromatic nitrogens is 2. The summed E-state index contributed by atoms with van der Waals surface area (Å²) < 4.78 is 17.5. The van der Waals surface area contributed by atoms with Gasteiger partial charge in [0.15, 0.2) is 0 Å². The van der Waals surface area contributed by atoms with Crippen molar-refractivity contribution in [2.24, 2.45) is 0 Å². The van der Waals surface area contributed by atoms with Crippen molar-refractivity contribution in [3.05, 3.63) is 424 Å². The molecular formula is C111H74N4O2. The fraction of sp³-hybridized carbons (Fsp3) is 0.0270. The maximum absolute atomic E-state index is 6.40. The van der Waals surface area contributed by atoms with Crippen LogP contribution in [0.3, 0.4) is 0 Å². The van der Waals surface area contributed by atoms with Gasteiger partial charge in [0.25, 0.3) is 0 Å². The van der Waals surface area contributed by atoms with Gasteiger partial charge in [-0.3, -0.25) is 0 Å². The number of hydrogen-bond donors (Lipinski definition) is 0. The summed E-state index contributed by atoms with van der Waals surface area (Å²) in [7, 11) is 0. The van der Waals surface area contributed by atoms with Gasteiger partial charge in [-0.2, -0.15) is 0 Å². The van der Waals surface area contributed by atoms with E-state index in [4.69, 9.17) is 8.83 Å². The zero-order valence-electron chi connectivity index (χ0n) is 64.4. The first kappa shape index (κ1) is 67.5. The molecule has 1 aliphatic carbocycles. The van der Waals surface area contributed by atoms with Crippen LogP contribution in [0.4, 0.5) is 34.1 Å². The molecule has 1 aliphatic rings. The Labute approximate surface area is 676 Å². The highest BCUT2D eigenvalue weighted by Crippen LogP contribution is 2.53. The Balaban J connectivity index is 0.000000138. The summed E-state index contributed by atoms with van der Waals surface area (Å²) in [5.74, 6) is 0. The summed E-state index contributed by atoms with van der Waals surface area (Å²) in [5, 5.41) is 16.9. The molecule has 24 rings (SSSR count). The van der Waals surface area contributed by atoms with Crippen LogP contribution in [0.5, 0.6) is 0 Å². The fourth-order valence-electron chi connectivity index (χ4n) is 18.7. The Kier molecular flexibility index (Phi) is 15.6. The van der Waals surface area contributed by atoms with E-state index in [2.05, 4.69) is 427 Å². The second-order valence-corrected chi connectivity index (χ2v) is 31.5. The molecule has 6 nitrogen and oxygen atoms in total. The highest BCUT2D eigenvalue weighted by Gasteiger charge is 2.36. The molecule has 23 aromatic rings. The average molecular weight is 1500 g/mol. The van der Waals surface area contributed by atoms with Crippen LogP contribution in [-0.2, 0) is 5.41 Å². The molecule has 550 valence electrons. The van der Waals surface area contributed by atoms with Crippen LogP contribution in [0.1, 0.15) is 25.0 Å². The second-order valence-electron chi connectivity index (χ2n) is 31.5. The fourth-order valence-corrected chi connectivity index (χ4v) is 18.7. The Morgan fingerprint density at radius 1 is 0.214 bits per heavy atom. The van der Waals surface area contributed by atoms with Gasteiger partial charge in [0.1, 0.15) is 22.3 Å². The molecule has 0 bridgehead atoms. The van der Waals surface area contributed by atoms with E-state index in [0.717, 1.165) is 89.4 Å². The molecule has 0 atom stereocenters. The van der Waals surface area contributed by atoms with Crippen molar-refractivity contribution in [2.45, 2.75) is 19.3 Å². The lowest BCUT2D eigenvalue weighted by atomic mass is 9.82. The van der Waals surface area contributed by atoms with Crippen LogP contribution in [0.25, 0.3) is 176 Å². The lowest BCUT2D eigenvalue weighted by molar-refractivity contribution is 0.661. The summed E-state index contributed by atoms with van der Waals surface area (Å²) in [4.78, 5) is 4.70. The molecule has 19 aromatic carbocycles. The van der Waals surface area contributed by atoms with Gasteiger partial charge in [-0.1, -0.05) is 263 Å². The van der Waals surface area contributed by atoms with Crippen molar-refractivity contribution in [3.8, 4) is 55.9 Å². The van der Waals surface area contributed by atoms with Crippen molar-refractivity contribution >= 4 is 154 Å². The summed E-state index contributed by atoms with van der Waals surface area (Å²) in [6.45, 7) is 4.71. The topological polar surface area (TPSA) is 42.6 Å². The van der Waals surface area contributed by atoms with Crippen molar-refractivity contribution in [2.75, 3.05) is 9.80 Å². The van der Waals surface area contributed by atoms with Crippen LogP contribution in [-0.4, -0.2) is 9.13 Å². The van der Waals surface area contributed by atoms with Gasteiger partial charge < -0.3 is 27.8 Å². The monoisotopic (exact) mass is 1490 g/mol. The van der Waals surface area contributed by atoms with Gasteiger partial charge in [-0.05, 0) is 252 Å². The molecule has 0 spiro atoms. The third-order valence-electron chi connectivity index (χ3n) is 24.5. The number of anilines is 6. The van der Waals surface area contributed by atoms with E-state index in [1.807, 2.05) is 18.2 Å². The number of hydrogen-bond acceptors (Lipinski definition) is 4.